The van der Waals surface area contributed by atoms with Crippen LogP contribution in [0, 0.1) is 10.1 Å². The molecule has 3 rings (SSSR count). The second kappa shape index (κ2) is 8.47. The summed E-state index contributed by atoms with van der Waals surface area (Å²) in [7, 11) is 0. The Bertz CT molecular complexity index is 736. The second-order valence-corrected chi connectivity index (χ2v) is 6.52. The van der Waals surface area contributed by atoms with E-state index in [1.54, 1.807) is 4.90 Å². The van der Waals surface area contributed by atoms with Crippen molar-refractivity contribution < 1.29 is 14.5 Å². The maximum absolute atomic E-state index is 12.3. The lowest BCUT2D eigenvalue weighted by Gasteiger charge is -2.28. The fourth-order valence-electron chi connectivity index (χ4n) is 3.43. The minimum absolute atomic E-state index is 0.175. The number of aryl methyl sites for hydroxylation is 1. The highest BCUT2D eigenvalue weighted by Gasteiger charge is 2.40. The summed E-state index contributed by atoms with van der Waals surface area (Å²) < 4.78 is 5.23. The molecule has 2 aromatic carbocycles. The van der Waals surface area contributed by atoms with Crippen LogP contribution in [-0.2, 0) is 17.6 Å². The van der Waals surface area contributed by atoms with Gasteiger partial charge in [-0.05, 0) is 30.4 Å². The predicted octanol–water partition coefficient (Wildman–Crippen LogP) is 3.33. The largest absolute Gasteiger partial charge is 0.447 e. The number of rotatable bonds is 8. The molecule has 0 unspecified atom stereocenters. The van der Waals surface area contributed by atoms with Crippen molar-refractivity contribution in [2.75, 3.05) is 13.2 Å². The maximum atomic E-state index is 12.3. The Kier molecular flexibility index (Phi) is 5.84. The number of cyclic esters (lactones) is 1. The number of carbonyl (C=O) groups excluding carboxylic acids is 1. The van der Waals surface area contributed by atoms with Crippen molar-refractivity contribution >= 4 is 6.09 Å². The van der Waals surface area contributed by atoms with Crippen molar-refractivity contribution in [3.63, 3.8) is 0 Å². The zero-order valence-electron chi connectivity index (χ0n) is 14.5. The minimum atomic E-state index is -0.478. The quantitative estimate of drug-likeness (QED) is 0.538. The second-order valence-electron chi connectivity index (χ2n) is 6.52. The van der Waals surface area contributed by atoms with E-state index in [0.717, 1.165) is 11.1 Å². The van der Waals surface area contributed by atoms with Crippen molar-refractivity contribution in [3.8, 4) is 0 Å². The van der Waals surface area contributed by atoms with Crippen LogP contribution in [0.1, 0.15) is 17.5 Å². The highest BCUT2D eigenvalue weighted by molar-refractivity contribution is 5.70. The third kappa shape index (κ3) is 4.59. The first-order chi connectivity index (χ1) is 12.6. The predicted molar refractivity (Wildman–Crippen MR) is 97.5 cm³/mol. The van der Waals surface area contributed by atoms with Gasteiger partial charge < -0.3 is 4.74 Å². The van der Waals surface area contributed by atoms with Crippen LogP contribution < -0.4 is 0 Å². The molecule has 0 spiro atoms. The molecule has 1 aliphatic rings. The molecule has 0 saturated carbocycles. The SMILES string of the molecule is O=C1OC[C@H](Cc2ccccc2)N1[C@@H](CCc1ccccc1)C[N+](=O)[O-]. The molecule has 0 bridgehead atoms. The first-order valence-electron chi connectivity index (χ1n) is 8.78. The molecular weight excluding hydrogens is 332 g/mol. The summed E-state index contributed by atoms with van der Waals surface area (Å²) in [4.78, 5) is 24.7. The van der Waals surface area contributed by atoms with E-state index >= 15 is 0 Å². The number of ether oxygens (including phenoxy) is 1. The molecule has 2 aromatic rings. The van der Waals surface area contributed by atoms with E-state index in [1.165, 1.54) is 0 Å². The Morgan fingerprint density at radius 3 is 2.31 bits per heavy atom. The van der Waals surface area contributed by atoms with Crippen LogP contribution in [0.4, 0.5) is 4.79 Å². The van der Waals surface area contributed by atoms with Gasteiger partial charge in [0.05, 0.1) is 6.04 Å². The Hall–Kier alpha value is -2.89. The lowest BCUT2D eigenvalue weighted by atomic mass is 10.0. The molecule has 6 heteroatoms. The Labute approximate surface area is 152 Å². The fraction of sp³-hybridized carbons (Fsp3) is 0.350. The molecule has 26 heavy (non-hydrogen) atoms. The lowest BCUT2D eigenvalue weighted by molar-refractivity contribution is -0.486. The average molecular weight is 354 g/mol. The van der Waals surface area contributed by atoms with Gasteiger partial charge in [-0.3, -0.25) is 15.0 Å². The molecule has 0 aromatic heterocycles. The minimum Gasteiger partial charge on any atom is -0.447 e. The van der Waals surface area contributed by atoms with Crippen molar-refractivity contribution in [3.05, 3.63) is 81.9 Å². The number of carbonyl (C=O) groups is 1. The van der Waals surface area contributed by atoms with Gasteiger partial charge in [0.25, 0.3) is 0 Å². The normalized spacial score (nSPS) is 17.8. The third-order valence-electron chi connectivity index (χ3n) is 4.68. The number of nitrogens with zero attached hydrogens (tertiary/aromatic N) is 2. The first kappa shape index (κ1) is 17.9. The van der Waals surface area contributed by atoms with E-state index in [2.05, 4.69) is 0 Å². The molecule has 0 N–H and O–H groups in total. The smallest absolute Gasteiger partial charge is 0.410 e. The van der Waals surface area contributed by atoms with Gasteiger partial charge in [-0.25, -0.2) is 4.79 Å². The monoisotopic (exact) mass is 354 g/mol. The molecule has 1 amide bonds. The maximum Gasteiger partial charge on any atom is 0.410 e. The van der Waals surface area contributed by atoms with Crippen LogP contribution >= 0.6 is 0 Å². The van der Waals surface area contributed by atoms with Gasteiger partial charge in [0.1, 0.15) is 12.6 Å². The molecule has 2 atom stereocenters. The van der Waals surface area contributed by atoms with Crippen LogP contribution in [0.2, 0.25) is 0 Å². The van der Waals surface area contributed by atoms with E-state index in [0.29, 0.717) is 19.3 Å². The summed E-state index contributed by atoms with van der Waals surface area (Å²) in [5.74, 6) is 0. The topological polar surface area (TPSA) is 72.7 Å². The van der Waals surface area contributed by atoms with Gasteiger partial charge in [-0.2, -0.15) is 0 Å². The van der Waals surface area contributed by atoms with Gasteiger partial charge in [-0.1, -0.05) is 60.7 Å². The van der Waals surface area contributed by atoms with Gasteiger partial charge in [-0.15, -0.1) is 0 Å². The van der Waals surface area contributed by atoms with Crippen LogP contribution in [0.3, 0.4) is 0 Å². The molecule has 0 aliphatic carbocycles. The Morgan fingerprint density at radius 2 is 1.69 bits per heavy atom. The summed E-state index contributed by atoms with van der Waals surface area (Å²) in [5, 5.41) is 11.2. The molecule has 136 valence electrons. The van der Waals surface area contributed by atoms with Crippen LogP contribution in [0.5, 0.6) is 0 Å². The molecule has 1 saturated heterocycles. The fourth-order valence-corrected chi connectivity index (χ4v) is 3.43. The highest BCUT2D eigenvalue weighted by atomic mass is 16.6. The molecule has 1 aliphatic heterocycles. The molecule has 1 heterocycles. The van der Waals surface area contributed by atoms with Crippen LogP contribution in [0.15, 0.2) is 60.7 Å². The number of amides is 1. The summed E-state index contributed by atoms with van der Waals surface area (Å²) >= 11 is 0. The molecule has 0 radical (unpaired) electrons. The van der Waals surface area contributed by atoms with Crippen molar-refractivity contribution in [2.24, 2.45) is 0 Å². The summed E-state index contributed by atoms with van der Waals surface area (Å²) in [6.07, 6.45) is 1.39. The number of benzene rings is 2. The average Bonchev–Trinajstić information content (AvgIpc) is 3.00. The number of nitro groups is 1. The zero-order valence-corrected chi connectivity index (χ0v) is 14.5. The van der Waals surface area contributed by atoms with Gasteiger partial charge in [0, 0.05) is 4.92 Å². The molecular formula is C20H22N2O4. The standard InChI is InChI=1S/C20H22N2O4/c23-20-22(19(15-26-20)13-17-9-5-2-6-10-17)18(14-21(24)25)12-11-16-7-3-1-4-8-16/h1-10,18-19H,11-15H2/t18-,19-/m0/s1. The van der Waals surface area contributed by atoms with Crippen molar-refractivity contribution in [2.45, 2.75) is 31.3 Å². The van der Waals surface area contributed by atoms with E-state index < -0.39 is 12.1 Å². The highest BCUT2D eigenvalue weighted by Crippen LogP contribution is 2.23. The number of hydrogen-bond donors (Lipinski definition) is 0. The Balaban J connectivity index is 1.73. The summed E-state index contributed by atoms with van der Waals surface area (Å²) in [6.45, 7) is 0.000498. The van der Waals surface area contributed by atoms with Crippen LogP contribution in [-0.4, -0.2) is 41.2 Å². The van der Waals surface area contributed by atoms with Gasteiger partial charge >= 0.3 is 6.09 Å². The van der Waals surface area contributed by atoms with E-state index in [9.17, 15) is 14.9 Å². The van der Waals surface area contributed by atoms with E-state index in [4.69, 9.17) is 4.74 Å². The lowest BCUT2D eigenvalue weighted by Crippen LogP contribution is -2.46. The Morgan fingerprint density at radius 1 is 1.08 bits per heavy atom. The van der Waals surface area contributed by atoms with Crippen molar-refractivity contribution in [1.82, 2.24) is 4.90 Å². The number of hydrogen-bond acceptors (Lipinski definition) is 4. The first-order valence-corrected chi connectivity index (χ1v) is 8.78. The van der Waals surface area contributed by atoms with E-state index in [1.807, 2.05) is 60.7 Å². The van der Waals surface area contributed by atoms with Crippen molar-refractivity contribution in [1.29, 1.82) is 0 Å². The van der Waals surface area contributed by atoms with Gasteiger partial charge in [0.15, 0.2) is 0 Å². The summed E-state index contributed by atoms with van der Waals surface area (Å²) in [5.41, 5.74) is 2.19. The zero-order chi connectivity index (χ0) is 18.4. The van der Waals surface area contributed by atoms with Crippen LogP contribution in [0.25, 0.3) is 0 Å². The third-order valence-corrected chi connectivity index (χ3v) is 4.68. The molecule has 1 fully saturated rings. The summed E-state index contributed by atoms with van der Waals surface area (Å²) in [6, 6.07) is 19.0. The van der Waals surface area contributed by atoms with E-state index in [-0.39, 0.29) is 24.1 Å². The van der Waals surface area contributed by atoms with Gasteiger partial charge in [0.2, 0.25) is 6.54 Å². The molecule has 6 nitrogen and oxygen atoms in total.